The molecule has 0 unspecified atom stereocenters. The van der Waals surface area contributed by atoms with Gasteiger partial charge in [-0.1, -0.05) is 6.07 Å². The van der Waals surface area contributed by atoms with Gasteiger partial charge in [0.1, 0.15) is 5.52 Å². The van der Waals surface area contributed by atoms with Crippen LogP contribution in [0.15, 0.2) is 34.7 Å². The van der Waals surface area contributed by atoms with Crippen LogP contribution in [-0.2, 0) is 13.1 Å². The summed E-state index contributed by atoms with van der Waals surface area (Å²) in [5.41, 5.74) is 8.73. The Hall–Kier alpha value is -1.73. The molecule has 0 radical (unpaired) electrons. The van der Waals surface area contributed by atoms with Crippen molar-refractivity contribution in [3.05, 3.63) is 40.8 Å². The summed E-state index contributed by atoms with van der Waals surface area (Å²) in [7, 11) is 0. The van der Waals surface area contributed by atoms with E-state index in [1.165, 1.54) is 5.56 Å². The lowest BCUT2D eigenvalue weighted by atomic mass is 10.2. The predicted octanol–water partition coefficient (Wildman–Crippen LogP) is 2.42. The van der Waals surface area contributed by atoms with Crippen LogP contribution in [0.3, 0.4) is 0 Å². The average Bonchev–Trinajstić information content (AvgIpc) is 3.21. The second-order valence-electron chi connectivity index (χ2n) is 5.82. The first-order valence-corrected chi connectivity index (χ1v) is 8.75. The summed E-state index contributed by atoms with van der Waals surface area (Å²) in [6.45, 7) is 5.85. The number of hydrogen-bond donors (Lipinski definition) is 2. The molecule has 1 aromatic carbocycles. The van der Waals surface area contributed by atoms with Gasteiger partial charge in [0.2, 0.25) is 5.89 Å². The highest BCUT2D eigenvalue weighted by Gasteiger charge is 2.13. The summed E-state index contributed by atoms with van der Waals surface area (Å²) in [4.78, 5) is 9.29. The van der Waals surface area contributed by atoms with Gasteiger partial charge in [0.05, 0.1) is 4.88 Å². The first-order valence-electron chi connectivity index (χ1n) is 7.93. The number of nitrogens with one attached hydrogen (secondary N) is 1. The van der Waals surface area contributed by atoms with E-state index in [0.29, 0.717) is 12.4 Å². The van der Waals surface area contributed by atoms with Crippen LogP contribution in [0.1, 0.15) is 10.4 Å². The first kappa shape index (κ1) is 14.8. The van der Waals surface area contributed by atoms with Gasteiger partial charge in [0, 0.05) is 44.1 Å². The van der Waals surface area contributed by atoms with Crippen molar-refractivity contribution < 1.29 is 4.42 Å². The van der Waals surface area contributed by atoms with E-state index in [2.05, 4.69) is 27.3 Å². The molecular formula is C17H20N4OS. The molecule has 3 aromatic rings. The van der Waals surface area contributed by atoms with E-state index in [1.807, 2.05) is 18.2 Å². The van der Waals surface area contributed by atoms with Crippen molar-refractivity contribution in [3.8, 4) is 10.8 Å². The number of rotatable bonds is 4. The maximum absolute atomic E-state index is 5.89. The summed E-state index contributed by atoms with van der Waals surface area (Å²) in [6.07, 6.45) is 0. The van der Waals surface area contributed by atoms with Gasteiger partial charge >= 0.3 is 0 Å². The average molecular weight is 328 g/mol. The fraction of sp³-hybridized carbons (Fsp3) is 0.353. The maximum Gasteiger partial charge on any atom is 0.237 e. The third-order valence-electron chi connectivity index (χ3n) is 4.14. The molecule has 0 aliphatic carbocycles. The summed E-state index contributed by atoms with van der Waals surface area (Å²) in [5, 5.41) is 3.38. The Bertz CT molecular complexity index is 804. The molecule has 0 bridgehead atoms. The summed E-state index contributed by atoms with van der Waals surface area (Å²) < 4.78 is 5.89. The van der Waals surface area contributed by atoms with Gasteiger partial charge in [-0.25, -0.2) is 4.98 Å². The summed E-state index contributed by atoms with van der Waals surface area (Å²) >= 11 is 1.64. The second kappa shape index (κ2) is 6.41. The lowest BCUT2D eigenvalue weighted by Gasteiger charge is -2.27. The number of aromatic nitrogens is 1. The van der Waals surface area contributed by atoms with E-state index in [4.69, 9.17) is 10.2 Å². The highest BCUT2D eigenvalue weighted by Crippen LogP contribution is 2.30. The minimum atomic E-state index is 0.555. The topological polar surface area (TPSA) is 67.3 Å². The van der Waals surface area contributed by atoms with Crippen LogP contribution < -0.4 is 11.1 Å². The Balaban J connectivity index is 1.58. The van der Waals surface area contributed by atoms with Gasteiger partial charge in [-0.2, -0.15) is 0 Å². The third kappa shape index (κ3) is 3.16. The van der Waals surface area contributed by atoms with Crippen molar-refractivity contribution in [2.24, 2.45) is 5.73 Å². The van der Waals surface area contributed by atoms with Crippen molar-refractivity contribution >= 4 is 22.4 Å². The molecule has 120 valence electrons. The second-order valence-corrected chi connectivity index (χ2v) is 6.99. The zero-order valence-corrected chi connectivity index (χ0v) is 13.7. The van der Waals surface area contributed by atoms with E-state index < -0.39 is 0 Å². The van der Waals surface area contributed by atoms with Crippen LogP contribution in [0, 0.1) is 0 Å². The molecule has 0 saturated carbocycles. The molecule has 1 fully saturated rings. The highest BCUT2D eigenvalue weighted by atomic mass is 32.1. The van der Waals surface area contributed by atoms with Crippen LogP contribution in [0.4, 0.5) is 0 Å². The number of thiophene rings is 1. The SMILES string of the molecule is NCc1ccc(-c2nc3cc(CN4CCNCC4)ccc3o2)s1. The minimum Gasteiger partial charge on any atom is -0.435 e. The minimum absolute atomic E-state index is 0.555. The first-order chi connectivity index (χ1) is 11.3. The van der Waals surface area contributed by atoms with E-state index >= 15 is 0 Å². The monoisotopic (exact) mass is 328 g/mol. The molecule has 0 atom stereocenters. The fourth-order valence-electron chi connectivity index (χ4n) is 2.91. The Kier molecular flexibility index (Phi) is 4.13. The lowest BCUT2D eigenvalue weighted by molar-refractivity contribution is 0.233. The normalized spacial score (nSPS) is 16.2. The standard InChI is InChI=1S/C17H20N4OS/c18-10-13-2-4-16(23-13)17-20-14-9-12(1-3-15(14)22-17)11-21-7-5-19-6-8-21/h1-4,9,19H,5-8,10-11,18H2. The van der Waals surface area contributed by atoms with Crippen molar-refractivity contribution in [1.82, 2.24) is 15.2 Å². The quantitative estimate of drug-likeness (QED) is 0.770. The van der Waals surface area contributed by atoms with Gasteiger partial charge < -0.3 is 15.5 Å². The number of hydrogen-bond acceptors (Lipinski definition) is 6. The Morgan fingerprint density at radius 1 is 1.22 bits per heavy atom. The van der Waals surface area contributed by atoms with Crippen molar-refractivity contribution in [1.29, 1.82) is 0 Å². The van der Waals surface area contributed by atoms with Gasteiger partial charge in [0.15, 0.2) is 5.58 Å². The molecule has 5 nitrogen and oxygen atoms in total. The highest BCUT2D eigenvalue weighted by molar-refractivity contribution is 7.15. The Labute approximate surface area is 139 Å². The van der Waals surface area contributed by atoms with Gasteiger partial charge in [0.25, 0.3) is 0 Å². The zero-order valence-electron chi connectivity index (χ0n) is 12.9. The molecule has 3 heterocycles. The van der Waals surface area contributed by atoms with Crippen LogP contribution in [0.25, 0.3) is 21.9 Å². The maximum atomic E-state index is 5.89. The molecule has 1 aliphatic heterocycles. The molecule has 1 aliphatic rings. The zero-order chi connectivity index (χ0) is 15.6. The molecule has 0 spiro atoms. The molecule has 3 N–H and O–H groups in total. The number of piperazine rings is 1. The van der Waals surface area contributed by atoms with Crippen LogP contribution >= 0.6 is 11.3 Å². The lowest BCUT2D eigenvalue weighted by Crippen LogP contribution is -2.42. The van der Waals surface area contributed by atoms with Crippen molar-refractivity contribution in [3.63, 3.8) is 0 Å². The number of oxazole rings is 1. The van der Waals surface area contributed by atoms with Crippen LogP contribution in [0.2, 0.25) is 0 Å². The van der Waals surface area contributed by atoms with E-state index in [1.54, 1.807) is 11.3 Å². The van der Waals surface area contributed by atoms with Gasteiger partial charge in [-0.05, 0) is 29.8 Å². The number of nitrogens with two attached hydrogens (primary N) is 1. The molecule has 4 rings (SSSR count). The van der Waals surface area contributed by atoms with Gasteiger partial charge in [-0.3, -0.25) is 4.90 Å². The molecule has 1 saturated heterocycles. The van der Waals surface area contributed by atoms with E-state index in [-0.39, 0.29) is 0 Å². The van der Waals surface area contributed by atoms with Crippen LogP contribution in [-0.4, -0.2) is 36.1 Å². The Morgan fingerprint density at radius 3 is 2.87 bits per heavy atom. The van der Waals surface area contributed by atoms with Crippen molar-refractivity contribution in [2.75, 3.05) is 26.2 Å². The summed E-state index contributed by atoms with van der Waals surface area (Å²) in [6, 6.07) is 10.4. The Morgan fingerprint density at radius 2 is 2.09 bits per heavy atom. The molecule has 2 aromatic heterocycles. The molecular weight excluding hydrogens is 308 g/mol. The van der Waals surface area contributed by atoms with E-state index in [9.17, 15) is 0 Å². The smallest absolute Gasteiger partial charge is 0.237 e. The van der Waals surface area contributed by atoms with Gasteiger partial charge in [-0.15, -0.1) is 11.3 Å². The van der Waals surface area contributed by atoms with Crippen molar-refractivity contribution in [2.45, 2.75) is 13.1 Å². The third-order valence-corrected chi connectivity index (χ3v) is 5.24. The molecule has 23 heavy (non-hydrogen) atoms. The van der Waals surface area contributed by atoms with Crippen LogP contribution in [0.5, 0.6) is 0 Å². The number of fused-ring (bicyclic) bond motifs is 1. The van der Waals surface area contributed by atoms with E-state index in [0.717, 1.165) is 53.6 Å². The molecule has 6 heteroatoms. The summed E-state index contributed by atoms with van der Waals surface area (Å²) in [5.74, 6) is 0.684. The fourth-order valence-corrected chi connectivity index (χ4v) is 3.72. The predicted molar refractivity (Wildman–Crippen MR) is 93.4 cm³/mol. The largest absolute Gasteiger partial charge is 0.435 e. The number of benzene rings is 1. The molecule has 0 amide bonds. The number of nitrogens with zero attached hydrogens (tertiary/aromatic N) is 2.